The Hall–Kier alpha value is -3.15. The molecule has 0 aliphatic carbocycles. The second-order valence-corrected chi connectivity index (χ2v) is 5.90. The van der Waals surface area contributed by atoms with E-state index in [1.807, 2.05) is 43.3 Å². The summed E-state index contributed by atoms with van der Waals surface area (Å²) in [6.45, 7) is 0.541. The van der Waals surface area contributed by atoms with E-state index in [9.17, 15) is 9.18 Å². The number of carbonyl (C=O) groups is 1. The lowest BCUT2D eigenvalue weighted by Crippen LogP contribution is -2.16. The molecule has 0 radical (unpaired) electrons. The van der Waals surface area contributed by atoms with E-state index >= 15 is 0 Å². The quantitative estimate of drug-likeness (QED) is 0.776. The molecule has 2 aromatic carbocycles. The number of aromatic nitrogens is 2. The van der Waals surface area contributed by atoms with Crippen LogP contribution in [-0.2, 0) is 6.54 Å². The molecule has 0 saturated heterocycles. The zero-order valence-electron chi connectivity index (χ0n) is 14.1. The number of nitrogens with zero attached hydrogens (tertiary/aromatic N) is 3. The Balaban J connectivity index is 1.72. The predicted octanol–water partition coefficient (Wildman–Crippen LogP) is 3.39. The number of carbonyl (C=O) groups excluding carboxylic acids is 1. The van der Waals surface area contributed by atoms with Crippen molar-refractivity contribution < 1.29 is 9.18 Å². The SMILES string of the molecule is CN(C)c1ccc(Cn2nccc2NC(=O)c2ccc(F)cc2)cc1. The fourth-order valence-corrected chi connectivity index (χ4v) is 2.43. The Morgan fingerprint density at radius 1 is 1.08 bits per heavy atom. The largest absolute Gasteiger partial charge is 0.378 e. The molecule has 0 saturated carbocycles. The molecule has 0 aliphatic rings. The first-order valence-electron chi connectivity index (χ1n) is 7.88. The van der Waals surface area contributed by atoms with E-state index in [4.69, 9.17) is 0 Å². The zero-order chi connectivity index (χ0) is 17.8. The first kappa shape index (κ1) is 16.7. The van der Waals surface area contributed by atoms with Crippen LogP contribution in [0.1, 0.15) is 15.9 Å². The third kappa shape index (κ3) is 4.03. The first-order chi connectivity index (χ1) is 12.0. The molecule has 3 aromatic rings. The zero-order valence-corrected chi connectivity index (χ0v) is 14.1. The Morgan fingerprint density at radius 2 is 1.76 bits per heavy atom. The maximum atomic E-state index is 13.0. The Labute approximate surface area is 145 Å². The van der Waals surface area contributed by atoms with Gasteiger partial charge < -0.3 is 10.2 Å². The third-order valence-corrected chi connectivity index (χ3v) is 3.85. The van der Waals surface area contributed by atoms with Gasteiger partial charge in [0.15, 0.2) is 0 Å². The molecular formula is C19H19FN4O. The van der Waals surface area contributed by atoms with Gasteiger partial charge in [-0.25, -0.2) is 9.07 Å². The van der Waals surface area contributed by atoms with Crippen molar-refractivity contribution >= 4 is 17.4 Å². The van der Waals surface area contributed by atoms with Crippen molar-refractivity contribution in [3.05, 3.63) is 77.7 Å². The molecule has 6 heteroatoms. The molecule has 0 bridgehead atoms. The van der Waals surface area contributed by atoms with E-state index in [0.717, 1.165) is 11.3 Å². The summed E-state index contributed by atoms with van der Waals surface area (Å²) < 4.78 is 14.7. The van der Waals surface area contributed by atoms with Gasteiger partial charge in [-0.3, -0.25) is 4.79 Å². The molecule has 0 atom stereocenters. The van der Waals surface area contributed by atoms with Gasteiger partial charge in [0.1, 0.15) is 11.6 Å². The van der Waals surface area contributed by atoms with Crippen LogP contribution in [0.5, 0.6) is 0 Å². The summed E-state index contributed by atoms with van der Waals surface area (Å²) in [5, 5.41) is 7.07. The van der Waals surface area contributed by atoms with Crippen LogP contribution in [0.25, 0.3) is 0 Å². The monoisotopic (exact) mass is 338 g/mol. The highest BCUT2D eigenvalue weighted by Gasteiger charge is 2.10. The van der Waals surface area contributed by atoms with Crippen LogP contribution in [0.3, 0.4) is 0 Å². The van der Waals surface area contributed by atoms with Crippen LogP contribution >= 0.6 is 0 Å². The number of hydrogen-bond acceptors (Lipinski definition) is 3. The van der Waals surface area contributed by atoms with Gasteiger partial charge in [-0.1, -0.05) is 12.1 Å². The van der Waals surface area contributed by atoms with E-state index < -0.39 is 0 Å². The lowest BCUT2D eigenvalue weighted by atomic mass is 10.2. The fourth-order valence-electron chi connectivity index (χ4n) is 2.43. The standard InChI is InChI=1S/C19H19FN4O/c1-23(2)17-9-3-14(4-10-17)13-24-18(11-12-21-24)22-19(25)15-5-7-16(20)8-6-15/h3-12H,13H2,1-2H3,(H,22,25). The minimum atomic E-state index is -0.372. The van der Waals surface area contributed by atoms with Crippen molar-refractivity contribution in [3.63, 3.8) is 0 Å². The number of anilines is 2. The summed E-state index contributed by atoms with van der Waals surface area (Å²) in [4.78, 5) is 14.3. The van der Waals surface area contributed by atoms with E-state index in [1.165, 1.54) is 24.3 Å². The lowest BCUT2D eigenvalue weighted by Gasteiger charge is -2.13. The van der Waals surface area contributed by atoms with Crippen LogP contribution in [0.2, 0.25) is 0 Å². The van der Waals surface area contributed by atoms with Crippen molar-refractivity contribution in [2.75, 3.05) is 24.3 Å². The van der Waals surface area contributed by atoms with Gasteiger partial charge in [-0.05, 0) is 42.0 Å². The fraction of sp³-hybridized carbons (Fsp3) is 0.158. The van der Waals surface area contributed by atoms with Crippen LogP contribution in [0, 0.1) is 5.82 Å². The van der Waals surface area contributed by atoms with E-state index in [-0.39, 0.29) is 11.7 Å². The van der Waals surface area contributed by atoms with Crippen LogP contribution in [-0.4, -0.2) is 29.8 Å². The molecule has 0 aliphatic heterocycles. The Morgan fingerprint density at radius 3 is 2.40 bits per heavy atom. The molecule has 0 spiro atoms. The lowest BCUT2D eigenvalue weighted by molar-refractivity contribution is 0.102. The summed E-state index contributed by atoms with van der Waals surface area (Å²) >= 11 is 0. The van der Waals surface area contributed by atoms with E-state index in [2.05, 4.69) is 10.4 Å². The molecular weight excluding hydrogens is 319 g/mol. The summed E-state index contributed by atoms with van der Waals surface area (Å²) in [6, 6.07) is 15.3. The van der Waals surface area contributed by atoms with Gasteiger partial charge in [0.25, 0.3) is 5.91 Å². The highest BCUT2D eigenvalue weighted by molar-refractivity contribution is 6.03. The van der Waals surface area contributed by atoms with Gasteiger partial charge in [0.05, 0.1) is 12.7 Å². The van der Waals surface area contributed by atoms with Crippen molar-refractivity contribution in [2.45, 2.75) is 6.54 Å². The number of hydrogen-bond donors (Lipinski definition) is 1. The van der Waals surface area contributed by atoms with E-state index in [1.54, 1.807) is 16.9 Å². The number of nitrogens with one attached hydrogen (secondary N) is 1. The topological polar surface area (TPSA) is 50.2 Å². The maximum Gasteiger partial charge on any atom is 0.256 e. The third-order valence-electron chi connectivity index (χ3n) is 3.85. The smallest absolute Gasteiger partial charge is 0.256 e. The summed E-state index contributed by atoms with van der Waals surface area (Å²) in [5.41, 5.74) is 2.59. The molecule has 0 unspecified atom stereocenters. The van der Waals surface area contributed by atoms with Crippen LogP contribution < -0.4 is 10.2 Å². The highest BCUT2D eigenvalue weighted by Crippen LogP contribution is 2.16. The Kier molecular flexibility index (Phi) is 4.79. The second-order valence-electron chi connectivity index (χ2n) is 5.90. The molecule has 128 valence electrons. The van der Waals surface area contributed by atoms with Gasteiger partial charge in [0.2, 0.25) is 0 Å². The van der Waals surface area contributed by atoms with Crippen molar-refractivity contribution in [2.24, 2.45) is 0 Å². The minimum Gasteiger partial charge on any atom is -0.378 e. The van der Waals surface area contributed by atoms with E-state index in [0.29, 0.717) is 17.9 Å². The molecule has 1 amide bonds. The summed E-state index contributed by atoms with van der Waals surface area (Å²) in [7, 11) is 3.98. The predicted molar refractivity (Wildman–Crippen MR) is 96.5 cm³/mol. The molecule has 25 heavy (non-hydrogen) atoms. The van der Waals surface area contributed by atoms with Crippen molar-refractivity contribution in [1.82, 2.24) is 9.78 Å². The first-order valence-corrected chi connectivity index (χ1v) is 7.88. The molecule has 1 aromatic heterocycles. The average Bonchev–Trinajstić information content (AvgIpc) is 3.02. The van der Waals surface area contributed by atoms with Gasteiger partial charge >= 0.3 is 0 Å². The minimum absolute atomic E-state index is 0.301. The summed E-state index contributed by atoms with van der Waals surface area (Å²) in [6.07, 6.45) is 1.63. The van der Waals surface area contributed by atoms with Crippen molar-refractivity contribution in [3.8, 4) is 0 Å². The normalized spacial score (nSPS) is 10.5. The van der Waals surface area contributed by atoms with Gasteiger partial charge in [-0.15, -0.1) is 0 Å². The maximum absolute atomic E-state index is 13.0. The molecule has 1 N–H and O–H groups in total. The summed E-state index contributed by atoms with van der Waals surface area (Å²) in [5.74, 6) is -0.0847. The van der Waals surface area contributed by atoms with Crippen LogP contribution in [0.4, 0.5) is 15.9 Å². The highest BCUT2D eigenvalue weighted by atomic mass is 19.1. The van der Waals surface area contributed by atoms with Gasteiger partial charge in [-0.2, -0.15) is 5.10 Å². The molecule has 1 heterocycles. The van der Waals surface area contributed by atoms with Gasteiger partial charge in [0, 0.05) is 31.4 Å². The van der Waals surface area contributed by atoms with Crippen molar-refractivity contribution in [1.29, 1.82) is 0 Å². The molecule has 3 rings (SSSR count). The second kappa shape index (κ2) is 7.17. The number of benzene rings is 2. The average molecular weight is 338 g/mol. The Bertz CT molecular complexity index is 854. The number of halogens is 1. The number of amides is 1. The molecule has 5 nitrogen and oxygen atoms in total. The molecule has 0 fully saturated rings. The number of rotatable bonds is 5. The van der Waals surface area contributed by atoms with Crippen LogP contribution in [0.15, 0.2) is 60.8 Å².